The molecule has 0 N–H and O–H groups in total. The van der Waals surface area contributed by atoms with Gasteiger partial charge >= 0.3 is 0 Å². The monoisotopic (exact) mass is 302 g/mol. The number of hydrogen-bond acceptors (Lipinski definition) is 2. The summed E-state index contributed by atoms with van der Waals surface area (Å²) >= 11 is 0. The van der Waals surface area contributed by atoms with Crippen molar-refractivity contribution in [1.29, 1.82) is 0 Å². The Morgan fingerprint density at radius 1 is 1.32 bits per heavy atom. The van der Waals surface area contributed by atoms with Crippen LogP contribution in [0.2, 0.25) is 0 Å². The standard InChI is InChI=1S/C19H30N2O/c1-14(2)18(12-22-19(4,5)6)20-13-21-11-16-9-7-8-10-17(16)15(21)3/h7-10,13-15,18H,11-12H2,1-6H3/t15-,18+/m1/s1. The molecule has 0 amide bonds. The predicted molar refractivity (Wildman–Crippen MR) is 93.2 cm³/mol. The van der Waals surface area contributed by atoms with Crippen molar-refractivity contribution in [2.45, 2.75) is 65.8 Å². The summed E-state index contributed by atoms with van der Waals surface area (Å²) in [4.78, 5) is 7.13. The quantitative estimate of drug-likeness (QED) is 0.593. The number of nitrogens with zero attached hydrogens (tertiary/aromatic N) is 2. The van der Waals surface area contributed by atoms with Crippen LogP contribution in [-0.2, 0) is 11.3 Å². The average Bonchev–Trinajstić information content (AvgIpc) is 2.74. The summed E-state index contributed by atoms with van der Waals surface area (Å²) in [5, 5.41) is 0. The third-order valence-electron chi connectivity index (χ3n) is 4.22. The van der Waals surface area contributed by atoms with Crippen LogP contribution in [0.15, 0.2) is 29.3 Å². The van der Waals surface area contributed by atoms with E-state index >= 15 is 0 Å². The first kappa shape index (κ1) is 17.0. The van der Waals surface area contributed by atoms with E-state index in [0.717, 1.165) is 6.54 Å². The van der Waals surface area contributed by atoms with Gasteiger partial charge in [-0.1, -0.05) is 38.1 Å². The summed E-state index contributed by atoms with van der Waals surface area (Å²) in [7, 11) is 0. The van der Waals surface area contributed by atoms with Crippen molar-refractivity contribution in [3.8, 4) is 0 Å². The molecule has 1 aromatic carbocycles. The summed E-state index contributed by atoms with van der Waals surface area (Å²) in [6, 6.07) is 9.26. The van der Waals surface area contributed by atoms with Crippen molar-refractivity contribution >= 4 is 6.34 Å². The summed E-state index contributed by atoms with van der Waals surface area (Å²) in [5.74, 6) is 0.471. The lowest BCUT2D eigenvalue weighted by atomic mass is 10.1. The van der Waals surface area contributed by atoms with E-state index in [2.05, 4.69) is 70.7 Å². The molecule has 0 aromatic heterocycles. The van der Waals surface area contributed by atoms with E-state index in [4.69, 9.17) is 9.73 Å². The Hall–Kier alpha value is -1.35. The van der Waals surface area contributed by atoms with Gasteiger partial charge in [-0.25, -0.2) is 0 Å². The van der Waals surface area contributed by atoms with Crippen LogP contribution in [0.4, 0.5) is 0 Å². The number of rotatable bonds is 5. The summed E-state index contributed by atoms with van der Waals surface area (Å²) in [6.45, 7) is 14.5. The largest absolute Gasteiger partial charge is 0.374 e. The van der Waals surface area contributed by atoms with Gasteiger partial charge in [0.1, 0.15) is 0 Å². The van der Waals surface area contributed by atoms with E-state index in [-0.39, 0.29) is 11.6 Å². The minimum atomic E-state index is -0.111. The van der Waals surface area contributed by atoms with Crippen molar-refractivity contribution in [1.82, 2.24) is 4.90 Å². The molecule has 1 aromatic rings. The second kappa shape index (κ2) is 6.82. The van der Waals surface area contributed by atoms with Crippen LogP contribution in [-0.4, -0.2) is 29.5 Å². The van der Waals surface area contributed by atoms with Gasteiger partial charge in [-0.05, 0) is 44.7 Å². The van der Waals surface area contributed by atoms with Crippen LogP contribution in [0.25, 0.3) is 0 Å². The Balaban J connectivity index is 2.00. The number of benzene rings is 1. The normalized spacial score (nSPS) is 20.0. The van der Waals surface area contributed by atoms with Gasteiger partial charge in [-0.15, -0.1) is 0 Å². The van der Waals surface area contributed by atoms with Crippen molar-refractivity contribution in [3.05, 3.63) is 35.4 Å². The summed E-state index contributed by atoms with van der Waals surface area (Å²) < 4.78 is 5.92. The van der Waals surface area contributed by atoms with E-state index < -0.39 is 0 Å². The zero-order chi connectivity index (χ0) is 16.3. The van der Waals surface area contributed by atoms with Crippen LogP contribution in [0, 0.1) is 5.92 Å². The molecule has 1 aliphatic rings. The Labute approximate surface area is 135 Å². The highest BCUT2D eigenvalue weighted by Gasteiger charge is 2.24. The predicted octanol–water partition coefficient (Wildman–Crippen LogP) is 4.43. The van der Waals surface area contributed by atoms with Gasteiger partial charge in [0, 0.05) is 6.54 Å². The number of fused-ring (bicyclic) bond motifs is 1. The molecule has 122 valence electrons. The maximum Gasteiger partial charge on any atom is 0.0862 e. The second-order valence-electron chi connectivity index (χ2n) is 7.55. The molecule has 1 aliphatic heterocycles. The van der Waals surface area contributed by atoms with Gasteiger partial charge in [0.25, 0.3) is 0 Å². The molecule has 0 radical (unpaired) electrons. The molecule has 2 rings (SSSR count). The number of aliphatic imine (C=N–C) groups is 1. The molecule has 3 heteroatoms. The smallest absolute Gasteiger partial charge is 0.0862 e. The molecular weight excluding hydrogens is 272 g/mol. The van der Waals surface area contributed by atoms with Crippen molar-refractivity contribution in [3.63, 3.8) is 0 Å². The lowest BCUT2D eigenvalue weighted by molar-refractivity contribution is -0.0145. The van der Waals surface area contributed by atoms with Crippen molar-refractivity contribution in [2.24, 2.45) is 10.9 Å². The zero-order valence-corrected chi connectivity index (χ0v) is 14.8. The summed E-state index contributed by atoms with van der Waals surface area (Å²) in [5.41, 5.74) is 2.72. The van der Waals surface area contributed by atoms with Gasteiger partial charge in [0.2, 0.25) is 0 Å². The fourth-order valence-electron chi connectivity index (χ4n) is 2.65. The topological polar surface area (TPSA) is 24.8 Å². The number of ether oxygens (including phenoxy) is 1. The zero-order valence-electron chi connectivity index (χ0n) is 14.8. The summed E-state index contributed by atoms with van der Waals surface area (Å²) in [6.07, 6.45) is 2.03. The molecule has 2 atom stereocenters. The maximum absolute atomic E-state index is 5.92. The lowest BCUT2D eigenvalue weighted by Gasteiger charge is -2.25. The lowest BCUT2D eigenvalue weighted by Crippen LogP contribution is -2.29. The molecule has 0 aliphatic carbocycles. The van der Waals surface area contributed by atoms with Gasteiger partial charge in [0.05, 0.1) is 30.6 Å². The van der Waals surface area contributed by atoms with Crippen molar-refractivity contribution < 1.29 is 4.74 Å². The SMILES string of the molecule is CC(C)[C@H](COC(C)(C)C)N=CN1Cc2ccccc2[C@H]1C. The van der Waals surface area contributed by atoms with Crippen LogP contribution >= 0.6 is 0 Å². The van der Waals surface area contributed by atoms with Gasteiger partial charge in [0.15, 0.2) is 0 Å². The third kappa shape index (κ3) is 4.33. The Morgan fingerprint density at radius 3 is 2.59 bits per heavy atom. The molecule has 0 fully saturated rings. The molecule has 0 saturated carbocycles. The van der Waals surface area contributed by atoms with Gasteiger partial charge in [-0.2, -0.15) is 0 Å². The minimum Gasteiger partial charge on any atom is -0.374 e. The highest BCUT2D eigenvalue weighted by Crippen LogP contribution is 2.31. The highest BCUT2D eigenvalue weighted by atomic mass is 16.5. The fourth-order valence-corrected chi connectivity index (χ4v) is 2.65. The Morgan fingerprint density at radius 2 is 2.00 bits per heavy atom. The molecule has 3 nitrogen and oxygen atoms in total. The van der Waals surface area contributed by atoms with Crippen LogP contribution in [0.1, 0.15) is 58.7 Å². The van der Waals surface area contributed by atoms with E-state index in [1.807, 2.05) is 6.34 Å². The first-order valence-electron chi connectivity index (χ1n) is 8.29. The van der Waals surface area contributed by atoms with Crippen LogP contribution < -0.4 is 0 Å². The third-order valence-corrected chi connectivity index (χ3v) is 4.22. The molecule has 0 bridgehead atoms. The van der Waals surface area contributed by atoms with Crippen molar-refractivity contribution in [2.75, 3.05) is 6.61 Å². The average molecular weight is 302 g/mol. The maximum atomic E-state index is 5.92. The Bertz CT molecular complexity index is 516. The first-order valence-corrected chi connectivity index (χ1v) is 8.29. The fraction of sp³-hybridized carbons (Fsp3) is 0.632. The molecule has 22 heavy (non-hydrogen) atoms. The molecule has 1 heterocycles. The van der Waals surface area contributed by atoms with E-state index in [9.17, 15) is 0 Å². The molecule has 0 saturated heterocycles. The van der Waals surface area contributed by atoms with E-state index in [1.54, 1.807) is 0 Å². The van der Waals surface area contributed by atoms with Crippen LogP contribution in [0.3, 0.4) is 0 Å². The molecule has 0 spiro atoms. The second-order valence-corrected chi connectivity index (χ2v) is 7.55. The van der Waals surface area contributed by atoms with E-state index in [0.29, 0.717) is 18.6 Å². The molecule has 0 unspecified atom stereocenters. The first-order chi connectivity index (χ1) is 10.3. The minimum absolute atomic E-state index is 0.111. The van der Waals surface area contributed by atoms with Gasteiger partial charge < -0.3 is 9.64 Å². The van der Waals surface area contributed by atoms with Gasteiger partial charge in [-0.3, -0.25) is 4.99 Å². The molecular formula is C19H30N2O. The highest BCUT2D eigenvalue weighted by molar-refractivity contribution is 5.59. The van der Waals surface area contributed by atoms with Crippen LogP contribution in [0.5, 0.6) is 0 Å². The van der Waals surface area contributed by atoms with E-state index in [1.165, 1.54) is 11.1 Å². The number of hydrogen-bond donors (Lipinski definition) is 0. The Kier molecular flexibility index (Phi) is 5.28.